The van der Waals surface area contributed by atoms with Crippen molar-refractivity contribution in [3.63, 3.8) is 0 Å². The monoisotopic (exact) mass is 276 g/mol. The van der Waals surface area contributed by atoms with Crippen molar-refractivity contribution in [3.8, 4) is 0 Å². The van der Waals surface area contributed by atoms with Crippen molar-refractivity contribution < 1.29 is 5.11 Å². The molecule has 0 aliphatic heterocycles. The molecular weight excluding hydrogens is 264 g/mol. The van der Waals surface area contributed by atoms with Gasteiger partial charge < -0.3 is 16.6 Å². The summed E-state index contributed by atoms with van der Waals surface area (Å²) in [6, 6.07) is 5.60. The lowest BCUT2D eigenvalue weighted by Crippen LogP contribution is -2.21. The highest BCUT2D eigenvalue weighted by molar-refractivity contribution is 9.10. The third-order valence-corrected chi connectivity index (χ3v) is 3.80. The minimum Gasteiger partial charge on any atom is -0.399 e. The number of nitrogens with two attached hydrogens (primary N) is 2. The molecule has 0 radical (unpaired) electrons. The van der Waals surface area contributed by atoms with E-state index in [1.807, 2.05) is 18.2 Å². The van der Waals surface area contributed by atoms with Crippen LogP contribution in [0, 0.1) is 0 Å². The number of nitrogen functional groups attached to an aromatic ring is 1. The van der Waals surface area contributed by atoms with Gasteiger partial charge in [-0.2, -0.15) is 0 Å². The van der Waals surface area contributed by atoms with Gasteiger partial charge in [0.25, 0.3) is 0 Å². The molecule has 0 saturated heterocycles. The van der Waals surface area contributed by atoms with Crippen molar-refractivity contribution >= 4 is 33.4 Å². The molecule has 14 heavy (non-hydrogen) atoms. The molecule has 1 unspecified atom stereocenters. The molecule has 0 fully saturated rings. The maximum absolute atomic E-state index is 9.28. The van der Waals surface area contributed by atoms with Crippen LogP contribution in [0.3, 0.4) is 0 Å². The van der Waals surface area contributed by atoms with Gasteiger partial charge in [0.05, 0.1) is 6.10 Å². The number of rotatable bonds is 4. The Labute approximate surface area is 96.0 Å². The molecule has 0 heterocycles. The summed E-state index contributed by atoms with van der Waals surface area (Å²) in [7, 11) is 0. The first kappa shape index (κ1) is 11.8. The van der Waals surface area contributed by atoms with Gasteiger partial charge in [0.2, 0.25) is 0 Å². The summed E-state index contributed by atoms with van der Waals surface area (Å²) in [6.07, 6.45) is -0.454. The van der Waals surface area contributed by atoms with Crippen molar-refractivity contribution in [1.29, 1.82) is 0 Å². The Kier molecular flexibility index (Phi) is 4.74. The van der Waals surface area contributed by atoms with E-state index in [0.29, 0.717) is 12.3 Å². The Hall–Kier alpha value is -0.230. The standard InChI is InChI=1S/C9H13BrN2OS/c10-8-3-6(12)1-2-9(8)14-5-7(13)4-11/h1-3,7,13H,4-5,11-12H2. The summed E-state index contributed by atoms with van der Waals surface area (Å²) in [4.78, 5) is 1.06. The van der Waals surface area contributed by atoms with E-state index >= 15 is 0 Å². The second-order valence-electron chi connectivity index (χ2n) is 2.89. The largest absolute Gasteiger partial charge is 0.399 e. The number of aliphatic hydroxyl groups excluding tert-OH is 1. The van der Waals surface area contributed by atoms with Gasteiger partial charge >= 0.3 is 0 Å². The van der Waals surface area contributed by atoms with Crippen molar-refractivity contribution in [2.45, 2.75) is 11.0 Å². The van der Waals surface area contributed by atoms with Gasteiger partial charge in [-0.3, -0.25) is 0 Å². The molecule has 0 spiro atoms. The molecule has 0 saturated carbocycles. The van der Waals surface area contributed by atoms with Crippen LogP contribution in [-0.2, 0) is 0 Å². The van der Waals surface area contributed by atoms with Gasteiger partial charge in [-0.15, -0.1) is 11.8 Å². The molecule has 0 bridgehead atoms. The second kappa shape index (κ2) is 5.60. The number of benzene rings is 1. The van der Waals surface area contributed by atoms with Crippen LogP contribution in [0.1, 0.15) is 0 Å². The minimum atomic E-state index is -0.454. The maximum atomic E-state index is 9.28. The van der Waals surface area contributed by atoms with Crippen LogP contribution < -0.4 is 11.5 Å². The average Bonchev–Trinajstić information content (AvgIpc) is 2.16. The van der Waals surface area contributed by atoms with Crippen LogP contribution in [0.5, 0.6) is 0 Å². The molecule has 1 atom stereocenters. The molecule has 1 rings (SSSR count). The van der Waals surface area contributed by atoms with E-state index in [0.717, 1.165) is 15.1 Å². The quantitative estimate of drug-likeness (QED) is 0.575. The topological polar surface area (TPSA) is 72.3 Å². The molecule has 5 heteroatoms. The van der Waals surface area contributed by atoms with Crippen molar-refractivity contribution in [2.75, 3.05) is 18.0 Å². The highest BCUT2D eigenvalue weighted by Crippen LogP contribution is 2.29. The van der Waals surface area contributed by atoms with E-state index in [4.69, 9.17) is 11.5 Å². The number of hydrogen-bond acceptors (Lipinski definition) is 4. The molecule has 5 N–H and O–H groups in total. The summed E-state index contributed by atoms with van der Waals surface area (Å²) < 4.78 is 0.951. The Morgan fingerprint density at radius 1 is 1.50 bits per heavy atom. The molecule has 78 valence electrons. The third-order valence-electron chi connectivity index (χ3n) is 1.66. The third kappa shape index (κ3) is 3.49. The van der Waals surface area contributed by atoms with Gasteiger partial charge in [-0.25, -0.2) is 0 Å². The summed E-state index contributed by atoms with van der Waals surface area (Å²) in [6.45, 7) is 0.291. The first-order chi connectivity index (χ1) is 6.63. The van der Waals surface area contributed by atoms with Crippen LogP contribution in [0.15, 0.2) is 27.6 Å². The fraction of sp³-hybridized carbons (Fsp3) is 0.333. The summed E-state index contributed by atoms with van der Waals surface area (Å²) in [5.41, 5.74) is 11.6. The fourth-order valence-electron chi connectivity index (χ4n) is 0.888. The Bertz CT molecular complexity index is 309. The molecule has 1 aromatic rings. The van der Waals surface area contributed by atoms with Gasteiger partial charge in [-0.05, 0) is 34.1 Å². The maximum Gasteiger partial charge on any atom is 0.0756 e. The molecule has 3 nitrogen and oxygen atoms in total. The fourth-order valence-corrected chi connectivity index (χ4v) is 2.50. The minimum absolute atomic E-state index is 0.291. The summed E-state index contributed by atoms with van der Waals surface area (Å²) in [5.74, 6) is 0.596. The lowest BCUT2D eigenvalue weighted by atomic mass is 10.3. The first-order valence-corrected chi connectivity index (χ1v) is 5.97. The number of thioether (sulfide) groups is 1. The Balaban J connectivity index is 2.59. The molecular formula is C9H13BrN2OS. The van der Waals surface area contributed by atoms with Gasteiger partial charge in [0, 0.05) is 27.4 Å². The van der Waals surface area contributed by atoms with E-state index in [-0.39, 0.29) is 0 Å². The van der Waals surface area contributed by atoms with E-state index in [1.54, 1.807) is 11.8 Å². The SMILES string of the molecule is NCC(O)CSc1ccc(N)cc1Br. The average molecular weight is 277 g/mol. The zero-order chi connectivity index (χ0) is 10.6. The number of anilines is 1. The Morgan fingerprint density at radius 2 is 2.21 bits per heavy atom. The Morgan fingerprint density at radius 3 is 2.79 bits per heavy atom. The molecule has 0 aliphatic carbocycles. The summed E-state index contributed by atoms with van der Waals surface area (Å²) in [5, 5.41) is 9.28. The van der Waals surface area contributed by atoms with E-state index in [2.05, 4.69) is 15.9 Å². The number of halogens is 1. The second-order valence-corrected chi connectivity index (χ2v) is 4.81. The van der Waals surface area contributed by atoms with E-state index in [9.17, 15) is 5.11 Å². The van der Waals surface area contributed by atoms with Crippen LogP contribution >= 0.6 is 27.7 Å². The van der Waals surface area contributed by atoms with Gasteiger partial charge in [0.15, 0.2) is 0 Å². The summed E-state index contributed by atoms with van der Waals surface area (Å²) >= 11 is 4.96. The van der Waals surface area contributed by atoms with Crippen molar-refractivity contribution in [1.82, 2.24) is 0 Å². The van der Waals surface area contributed by atoms with Crippen molar-refractivity contribution in [2.24, 2.45) is 5.73 Å². The molecule has 1 aromatic carbocycles. The molecule has 0 aliphatic rings. The van der Waals surface area contributed by atoms with Crippen molar-refractivity contribution in [3.05, 3.63) is 22.7 Å². The predicted octanol–water partition coefficient (Wildman–Crippen LogP) is 1.44. The van der Waals surface area contributed by atoms with Crippen LogP contribution in [-0.4, -0.2) is 23.5 Å². The zero-order valence-electron chi connectivity index (χ0n) is 7.61. The van der Waals surface area contributed by atoms with Crippen LogP contribution in [0.4, 0.5) is 5.69 Å². The normalized spacial score (nSPS) is 12.8. The number of aliphatic hydroxyl groups is 1. The van der Waals surface area contributed by atoms with Crippen LogP contribution in [0.25, 0.3) is 0 Å². The lowest BCUT2D eigenvalue weighted by Gasteiger charge is -2.08. The van der Waals surface area contributed by atoms with Gasteiger partial charge in [-0.1, -0.05) is 0 Å². The lowest BCUT2D eigenvalue weighted by molar-refractivity contribution is 0.208. The van der Waals surface area contributed by atoms with E-state index < -0.39 is 6.10 Å². The molecule has 0 amide bonds. The highest BCUT2D eigenvalue weighted by atomic mass is 79.9. The first-order valence-electron chi connectivity index (χ1n) is 4.19. The highest BCUT2D eigenvalue weighted by Gasteiger charge is 2.05. The zero-order valence-corrected chi connectivity index (χ0v) is 10.0. The predicted molar refractivity (Wildman–Crippen MR) is 64.3 cm³/mol. The molecule has 0 aromatic heterocycles. The number of hydrogen-bond donors (Lipinski definition) is 3. The smallest absolute Gasteiger partial charge is 0.0756 e. The van der Waals surface area contributed by atoms with E-state index in [1.165, 1.54) is 0 Å². The van der Waals surface area contributed by atoms with Crippen LogP contribution in [0.2, 0.25) is 0 Å². The van der Waals surface area contributed by atoms with Gasteiger partial charge in [0.1, 0.15) is 0 Å².